The van der Waals surface area contributed by atoms with Gasteiger partial charge < -0.3 is 15.7 Å². The monoisotopic (exact) mass is 308 g/mol. The molecule has 21 heavy (non-hydrogen) atoms. The van der Waals surface area contributed by atoms with E-state index in [0.717, 1.165) is 42.7 Å². The highest BCUT2D eigenvalue weighted by molar-refractivity contribution is 7.97. The Kier molecular flexibility index (Phi) is 6.39. The van der Waals surface area contributed by atoms with Crippen LogP contribution in [0.5, 0.6) is 0 Å². The molecule has 0 spiro atoms. The summed E-state index contributed by atoms with van der Waals surface area (Å²) >= 11 is 1.73. The van der Waals surface area contributed by atoms with Crippen molar-refractivity contribution < 1.29 is 9.90 Å². The van der Waals surface area contributed by atoms with Crippen LogP contribution in [0.1, 0.15) is 31.2 Å². The van der Waals surface area contributed by atoms with Gasteiger partial charge in [-0.05, 0) is 43.1 Å². The first kappa shape index (κ1) is 16.2. The number of amides is 2. The maximum atomic E-state index is 12.0. The summed E-state index contributed by atoms with van der Waals surface area (Å²) in [4.78, 5) is 12.0. The van der Waals surface area contributed by atoms with E-state index in [2.05, 4.69) is 10.6 Å². The fourth-order valence-corrected chi connectivity index (χ4v) is 3.34. The molecule has 0 aliphatic heterocycles. The molecule has 1 aliphatic carbocycles. The van der Waals surface area contributed by atoms with Gasteiger partial charge in [0.05, 0.1) is 6.10 Å². The van der Waals surface area contributed by atoms with Crippen molar-refractivity contribution in [2.75, 3.05) is 18.1 Å². The van der Waals surface area contributed by atoms with Gasteiger partial charge in [-0.15, -0.1) is 0 Å². The van der Waals surface area contributed by atoms with Crippen molar-refractivity contribution in [3.63, 3.8) is 0 Å². The fourth-order valence-electron chi connectivity index (χ4n) is 2.78. The van der Waals surface area contributed by atoms with E-state index in [1.807, 2.05) is 30.5 Å². The van der Waals surface area contributed by atoms with Gasteiger partial charge in [-0.2, -0.15) is 11.8 Å². The summed E-state index contributed by atoms with van der Waals surface area (Å²) in [7, 11) is 0. The Morgan fingerprint density at radius 1 is 1.38 bits per heavy atom. The first-order chi connectivity index (χ1) is 10.2. The van der Waals surface area contributed by atoms with E-state index in [4.69, 9.17) is 0 Å². The normalized spacial score (nSPS) is 21.8. The van der Waals surface area contributed by atoms with Crippen LogP contribution in [0.2, 0.25) is 0 Å². The first-order valence-electron chi connectivity index (χ1n) is 7.48. The number of rotatable bonds is 5. The molecule has 4 nitrogen and oxygen atoms in total. The predicted molar refractivity (Wildman–Crippen MR) is 88.6 cm³/mol. The second-order valence-corrected chi connectivity index (χ2v) is 6.48. The molecule has 1 aliphatic rings. The molecule has 2 rings (SSSR count). The minimum absolute atomic E-state index is 0.163. The number of benzene rings is 1. The number of para-hydroxylation sites is 1. The zero-order valence-electron chi connectivity index (χ0n) is 12.5. The third-order valence-electron chi connectivity index (χ3n) is 3.87. The third-order valence-corrected chi connectivity index (χ3v) is 4.47. The number of hydrogen-bond donors (Lipinski definition) is 3. The largest absolute Gasteiger partial charge is 0.393 e. The molecule has 0 bridgehead atoms. The lowest BCUT2D eigenvalue weighted by Crippen LogP contribution is -2.35. The second kappa shape index (κ2) is 8.29. The van der Waals surface area contributed by atoms with Gasteiger partial charge in [-0.3, -0.25) is 0 Å². The number of anilines is 1. The Labute approximate surface area is 130 Å². The van der Waals surface area contributed by atoms with Gasteiger partial charge in [0.15, 0.2) is 0 Å². The molecule has 1 aromatic carbocycles. The van der Waals surface area contributed by atoms with Crippen LogP contribution in [-0.2, 0) is 5.75 Å². The summed E-state index contributed by atoms with van der Waals surface area (Å²) in [5.41, 5.74) is 2.00. The summed E-state index contributed by atoms with van der Waals surface area (Å²) < 4.78 is 0. The minimum atomic E-state index is -0.198. The number of aliphatic hydroxyl groups is 1. The molecule has 5 heteroatoms. The molecule has 0 radical (unpaired) electrons. The molecule has 0 unspecified atom stereocenters. The average molecular weight is 308 g/mol. The first-order valence-corrected chi connectivity index (χ1v) is 8.88. The lowest BCUT2D eigenvalue weighted by Gasteiger charge is -2.26. The Morgan fingerprint density at radius 2 is 2.19 bits per heavy atom. The number of carbonyl (C=O) groups excluding carboxylic acids is 1. The van der Waals surface area contributed by atoms with Crippen molar-refractivity contribution in [2.24, 2.45) is 5.92 Å². The smallest absolute Gasteiger partial charge is 0.319 e. The van der Waals surface area contributed by atoms with E-state index >= 15 is 0 Å². The van der Waals surface area contributed by atoms with Crippen LogP contribution < -0.4 is 10.6 Å². The maximum absolute atomic E-state index is 12.0. The summed E-state index contributed by atoms with van der Waals surface area (Å²) in [5, 5.41) is 15.5. The number of carbonyl (C=O) groups is 1. The fraction of sp³-hybridized carbons (Fsp3) is 0.562. The molecular weight excluding hydrogens is 284 g/mol. The van der Waals surface area contributed by atoms with Gasteiger partial charge in [-0.25, -0.2) is 4.79 Å². The molecule has 1 aromatic rings. The van der Waals surface area contributed by atoms with Crippen LogP contribution in [0.15, 0.2) is 24.3 Å². The van der Waals surface area contributed by atoms with Crippen molar-refractivity contribution in [3.8, 4) is 0 Å². The number of thioether (sulfide) groups is 1. The van der Waals surface area contributed by atoms with E-state index in [9.17, 15) is 9.90 Å². The maximum Gasteiger partial charge on any atom is 0.319 e. The van der Waals surface area contributed by atoms with E-state index in [1.165, 1.54) is 0 Å². The molecule has 116 valence electrons. The summed E-state index contributed by atoms with van der Waals surface area (Å²) in [6, 6.07) is 7.71. The Hall–Kier alpha value is -1.20. The van der Waals surface area contributed by atoms with Crippen molar-refractivity contribution >= 4 is 23.5 Å². The van der Waals surface area contributed by atoms with Gasteiger partial charge in [0.1, 0.15) is 0 Å². The molecule has 0 heterocycles. The van der Waals surface area contributed by atoms with Gasteiger partial charge >= 0.3 is 6.03 Å². The third kappa shape index (κ3) is 5.25. The highest BCUT2D eigenvalue weighted by atomic mass is 32.2. The van der Waals surface area contributed by atoms with Crippen LogP contribution in [0, 0.1) is 5.92 Å². The van der Waals surface area contributed by atoms with Crippen molar-refractivity contribution in [1.82, 2.24) is 5.32 Å². The molecule has 1 saturated carbocycles. The van der Waals surface area contributed by atoms with Crippen LogP contribution in [-0.4, -0.2) is 30.0 Å². The van der Waals surface area contributed by atoms with Crippen LogP contribution >= 0.6 is 11.8 Å². The van der Waals surface area contributed by atoms with Gasteiger partial charge in [-0.1, -0.05) is 24.6 Å². The van der Waals surface area contributed by atoms with Gasteiger partial charge in [0.2, 0.25) is 0 Å². The number of aliphatic hydroxyl groups excluding tert-OH is 1. The van der Waals surface area contributed by atoms with E-state index in [-0.39, 0.29) is 12.1 Å². The lowest BCUT2D eigenvalue weighted by molar-refractivity contribution is 0.101. The minimum Gasteiger partial charge on any atom is -0.393 e. The summed E-state index contributed by atoms with van der Waals surface area (Å²) in [6.07, 6.45) is 5.67. The van der Waals surface area contributed by atoms with E-state index in [0.29, 0.717) is 12.5 Å². The quantitative estimate of drug-likeness (QED) is 0.782. The summed E-state index contributed by atoms with van der Waals surface area (Å²) in [5.74, 6) is 1.27. The lowest BCUT2D eigenvalue weighted by atomic mass is 9.87. The van der Waals surface area contributed by atoms with Crippen molar-refractivity contribution in [3.05, 3.63) is 29.8 Å². The number of urea groups is 1. The van der Waals surface area contributed by atoms with Crippen LogP contribution in [0.3, 0.4) is 0 Å². The Balaban J connectivity index is 1.81. The molecule has 2 atom stereocenters. The number of hydrogen-bond acceptors (Lipinski definition) is 3. The predicted octanol–water partition coefficient (Wildman–Crippen LogP) is 3.22. The van der Waals surface area contributed by atoms with Crippen LogP contribution in [0.25, 0.3) is 0 Å². The zero-order chi connectivity index (χ0) is 15.1. The highest BCUT2D eigenvalue weighted by Gasteiger charge is 2.20. The van der Waals surface area contributed by atoms with Crippen molar-refractivity contribution in [1.29, 1.82) is 0 Å². The zero-order valence-corrected chi connectivity index (χ0v) is 13.3. The van der Waals surface area contributed by atoms with E-state index in [1.54, 1.807) is 11.8 Å². The Bertz CT molecular complexity index is 467. The molecule has 2 amide bonds. The van der Waals surface area contributed by atoms with Gasteiger partial charge in [0.25, 0.3) is 0 Å². The SMILES string of the molecule is CSCc1ccccc1NC(=O)NC[C@@H]1CCC[C@H](O)C1. The molecule has 0 aromatic heterocycles. The standard InChI is InChI=1S/C16H24N2O2S/c1-21-11-13-6-2-3-8-15(13)18-16(20)17-10-12-5-4-7-14(19)9-12/h2-3,6,8,12,14,19H,4-5,7,9-11H2,1H3,(H2,17,18,20)/t12-,14+/m1/s1. The molecular formula is C16H24N2O2S. The van der Waals surface area contributed by atoms with Gasteiger partial charge in [0, 0.05) is 18.0 Å². The topological polar surface area (TPSA) is 61.4 Å². The second-order valence-electron chi connectivity index (χ2n) is 5.61. The summed E-state index contributed by atoms with van der Waals surface area (Å²) in [6.45, 7) is 0.633. The Morgan fingerprint density at radius 3 is 2.95 bits per heavy atom. The average Bonchev–Trinajstić information content (AvgIpc) is 2.48. The number of nitrogens with one attached hydrogen (secondary N) is 2. The molecule has 3 N–H and O–H groups in total. The van der Waals surface area contributed by atoms with Crippen molar-refractivity contribution in [2.45, 2.75) is 37.5 Å². The van der Waals surface area contributed by atoms with E-state index < -0.39 is 0 Å². The molecule has 0 saturated heterocycles. The molecule has 1 fully saturated rings. The van der Waals surface area contributed by atoms with Crippen LogP contribution in [0.4, 0.5) is 10.5 Å². The highest BCUT2D eigenvalue weighted by Crippen LogP contribution is 2.23.